The van der Waals surface area contributed by atoms with E-state index in [2.05, 4.69) is 51.6 Å². The second-order valence-corrected chi connectivity index (χ2v) is 6.07. The number of halogens is 1. The fourth-order valence-electron chi connectivity index (χ4n) is 1.57. The van der Waals surface area contributed by atoms with Crippen molar-refractivity contribution in [2.75, 3.05) is 5.73 Å². The number of rotatable bonds is 3. The third kappa shape index (κ3) is 3.14. The van der Waals surface area contributed by atoms with E-state index in [-0.39, 0.29) is 0 Å². The highest BCUT2D eigenvalue weighted by atomic mass is 127. The first-order valence-electron chi connectivity index (χ1n) is 5.55. The molecule has 0 atom stereocenters. The quantitative estimate of drug-likeness (QED) is 0.662. The van der Waals surface area contributed by atoms with Gasteiger partial charge in [0.2, 0.25) is 0 Å². The molecule has 0 aliphatic carbocycles. The van der Waals surface area contributed by atoms with Crippen LogP contribution in [0.25, 0.3) is 0 Å². The summed E-state index contributed by atoms with van der Waals surface area (Å²) in [5.41, 5.74) is 8.08. The van der Waals surface area contributed by atoms with Crippen LogP contribution in [-0.2, 0) is 5.75 Å². The second-order valence-electron chi connectivity index (χ2n) is 3.98. The Hall–Kier alpha value is -0.820. The van der Waals surface area contributed by atoms with Crippen LogP contribution in [-0.4, -0.2) is 9.97 Å². The molecule has 18 heavy (non-hydrogen) atoms. The second kappa shape index (κ2) is 5.88. The molecule has 3 nitrogen and oxygen atoms in total. The molecule has 0 amide bonds. The molecule has 0 spiro atoms. The summed E-state index contributed by atoms with van der Waals surface area (Å²) >= 11 is 3.91. The van der Waals surface area contributed by atoms with Gasteiger partial charge in [0.1, 0.15) is 11.6 Å². The molecule has 0 saturated carbocycles. The molecular formula is C13H14IN3S. The van der Waals surface area contributed by atoms with Crippen molar-refractivity contribution in [3.8, 4) is 0 Å². The first-order chi connectivity index (χ1) is 8.58. The Bertz CT molecular complexity index is 549. The molecule has 1 aromatic carbocycles. The van der Waals surface area contributed by atoms with Gasteiger partial charge in [-0.25, -0.2) is 9.97 Å². The Morgan fingerprint density at radius 3 is 2.61 bits per heavy atom. The Morgan fingerprint density at radius 1 is 1.22 bits per heavy atom. The third-order valence-corrected chi connectivity index (χ3v) is 5.04. The summed E-state index contributed by atoms with van der Waals surface area (Å²) in [6.07, 6.45) is 0. The van der Waals surface area contributed by atoms with Crippen LogP contribution in [0.4, 0.5) is 5.82 Å². The molecule has 0 saturated heterocycles. The molecule has 0 unspecified atom stereocenters. The van der Waals surface area contributed by atoms with Crippen LogP contribution in [0, 0.1) is 17.4 Å². The van der Waals surface area contributed by atoms with Gasteiger partial charge in [-0.3, -0.25) is 0 Å². The maximum atomic E-state index is 5.85. The number of aromatic nitrogens is 2. The molecule has 1 heterocycles. The first kappa shape index (κ1) is 13.6. The van der Waals surface area contributed by atoms with Gasteiger partial charge in [0, 0.05) is 4.90 Å². The smallest absolute Gasteiger partial charge is 0.141 e. The van der Waals surface area contributed by atoms with E-state index in [9.17, 15) is 0 Å². The SMILES string of the molecule is Cc1ccccc1SCc1nc(C)c(I)c(N)n1. The molecule has 2 N–H and O–H groups in total. The Labute approximate surface area is 125 Å². The van der Waals surface area contributed by atoms with Gasteiger partial charge in [-0.15, -0.1) is 11.8 Å². The molecule has 0 aliphatic rings. The fraction of sp³-hybridized carbons (Fsp3) is 0.231. The number of nitrogen functional groups attached to an aromatic ring is 1. The van der Waals surface area contributed by atoms with Crippen molar-refractivity contribution in [2.45, 2.75) is 24.5 Å². The average Bonchev–Trinajstić information content (AvgIpc) is 2.35. The first-order valence-corrected chi connectivity index (χ1v) is 7.61. The summed E-state index contributed by atoms with van der Waals surface area (Å²) in [5, 5.41) is 0. The maximum absolute atomic E-state index is 5.85. The summed E-state index contributed by atoms with van der Waals surface area (Å²) in [7, 11) is 0. The lowest BCUT2D eigenvalue weighted by atomic mass is 10.2. The maximum Gasteiger partial charge on any atom is 0.141 e. The third-order valence-electron chi connectivity index (χ3n) is 2.54. The van der Waals surface area contributed by atoms with Crippen molar-refractivity contribution in [1.29, 1.82) is 0 Å². The zero-order chi connectivity index (χ0) is 13.1. The molecule has 1 aromatic heterocycles. The summed E-state index contributed by atoms with van der Waals surface area (Å²) in [6, 6.07) is 8.31. The zero-order valence-electron chi connectivity index (χ0n) is 10.3. The van der Waals surface area contributed by atoms with Gasteiger partial charge >= 0.3 is 0 Å². The van der Waals surface area contributed by atoms with Gasteiger partial charge in [0.05, 0.1) is 15.0 Å². The minimum absolute atomic E-state index is 0.573. The number of thioether (sulfide) groups is 1. The van der Waals surface area contributed by atoms with E-state index >= 15 is 0 Å². The van der Waals surface area contributed by atoms with Crippen LogP contribution >= 0.6 is 34.4 Å². The van der Waals surface area contributed by atoms with Crippen molar-refractivity contribution < 1.29 is 0 Å². The van der Waals surface area contributed by atoms with Crippen molar-refractivity contribution >= 4 is 40.2 Å². The van der Waals surface area contributed by atoms with Gasteiger partial charge in [0.15, 0.2) is 0 Å². The highest BCUT2D eigenvalue weighted by Crippen LogP contribution is 2.25. The van der Waals surface area contributed by atoms with E-state index in [1.54, 1.807) is 11.8 Å². The molecule has 2 aromatic rings. The van der Waals surface area contributed by atoms with Gasteiger partial charge in [-0.05, 0) is 48.1 Å². The zero-order valence-corrected chi connectivity index (χ0v) is 13.2. The van der Waals surface area contributed by atoms with Crippen molar-refractivity contribution in [1.82, 2.24) is 9.97 Å². The summed E-state index contributed by atoms with van der Waals surface area (Å²) < 4.78 is 0.942. The van der Waals surface area contributed by atoms with Gasteiger partial charge in [-0.1, -0.05) is 18.2 Å². The number of nitrogens with zero attached hydrogens (tertiary/aromatic N) is 2. The van der Waals surface area contributed by atoms with E-state index in [1.807, 2.05) is 19.1 Å². The molecule has 94 valence electrons. The standard InChI is InChI=1S/C13H14IN3S/c1-8-5-3-4-6-10(8)18-7-11-16-9(2)12(14)13(15)17-11/h3-6H,7H2,1-2H3,(H2,15,16,17). The van der Waals surface area contributed by atoms with E-state index in [0.29, 0.717) is 5.82 Å². The van der Waals surface area contributed by atoms with Crippen molar-refractivity contribution in [3.63, 3.8) is 0 Å². The lowest BCUT2D eigenvalue weighted by Gasteiger charge is -2.07. The van der Waals surface area contributed by atoms with Crippen LogP contribution in [0.5, 0.6) is 0 Å². The van der Waals surface area contributed by atoms with Crippen molar-refractivity contribution in [3.05, 3.63) is 44.9 Å². The normalized spacial score (nSPS) is 10.6. The topological polar surface area (TPSA) is 51.8 Å². The van der Waals surface area contributed by atoms with Crippen LogP contribution in [0.2, 0.25) is 0 Å². The Morgan fingerprint density at radius 2 is 1.94 bits per heavy atom. The Balaban J connectivity index is 2.14. The van der Waals surface area contributed by atoms with Gasteiger partial charge in [0.25, 0.3) is 0 Å². The van der Waals surface area contributed by atoms with Crippen LogP contribution in [0.3, 0.4) is 0 Å². The Kier molecular flexibility index (Phi) is 4.45. The number of aryl methyl sites for hydroxylation is 2. The lowest BCUT2D eigenvalue weighted by Crippen LogP contribution is -2.04. The number of hydrogen-bond acceptors (Lipinski definition) is 4. The van der Waals surface area contributed by atoms with E-state index < -0.39 is 0 Å². The predicted molar refractivity (Wildman–Crippen MR) is 84.6 cm³/mol. The largest absolute Gasteiger partial charge is 0.383 e. The molecule has 2 rings (SSSR count). The molecule has 0 radical (unpaired) electrons. The van der Waals surface area contributed by atoms with Crippen molar-refractivity contribution in [2.24, 2.45) is 0 Å². The lowest BCUT2D eigenvalue weighted by molar-refractivity contribution is 0.990. The highest BCUT2D eigenvalue weighted by Gasteiger charge is 2.07. The molecule has 0 aliphatic heterocycles. The van der Waals surface area contributed by atoms with Crippen LogP contribution in [0.1, 0.15) is 17.1 Å². The van der Waals surface area contributed by atoms with E-state index in [1.165, 1.54) is 10.5 Å². The molecular weight excluding hydrogens is 357 g/mol. The monoisotopic (exact) mass is 371 g/mol. The number of benzene rings is 1. The average molecular weight is 371 g/mol. The number of anilines is 1. The van der Waals surface area contributed by atoms with Crippen LogP contribution in [0.15, 0.2) is 29.2 Å². The predicted octanol–water partition coefficient (Wildman–Crippen LogP) is 3.57. The van der Waals surface area contributed by atoms with E-state index in [0.717, 1.165) is 20.8 Å². The highest BCUT2D eigenvalue weighted by molar-refractivity contribution is 14.1. The molecule has 0 fully saturated rings. The van der Waals surface area contributed by atoms with Gasteiger partial charge in [-0.2, -0.15) is 0 Å². The summed E-state index contributed by atoms with van der Waals surface area (Å²) in [5.74, 6) is 2.11. The van der Waals surface area contributed by atoms with E-state index in [4.69, 9.17) is 5.73 Å². The minimum Gasteiger partial charge on any atom is -0.383 e. The molecule has 5 heteroatoms. The summed E-state index contributed by atoms with van der Waals surface area (Å²) in [4.78, 5) is 10.0. The fourth-order valence-corrected chi connectivity index (χ4v) is 2.69. The van der Waals surface area contributed by atoms with Crippen LogP contribution < -0.4 is 5.73 Å². The minimum atomic E-state index is 0.573. The molecule has 0 bridgehead atoms. The number of nitrogens with two attached hydrogens (primary N) is 1. The van der Waals surface area contributed by atoms with Gasteiger partial charge < -0.3 is 5.73 Å². The summed E-state index contributed by atoms with van der Waals surface area (Å²) in [6.45, 7) is 4.07. The number of hydrogen-bond donors (Lipinski definition) is 1.